The Morgan fingerprint density at radius 3 is 2.74 bits per heavy atom. The molecule has 0 aromatic carbocycles. The van der Waals surface area contributed by atoms with Crippen molar-refractivity contribution < 1.29 is 29.3 Å². The van der Waals surface area contributed by atoms with Gasteiger partial charge in [0, 0.05) is 18.9 Å². The van der Waals surface area contributed by atoms with E-state index in [1.54, 1.807) is 13.2 Å². The van der Waals surface area contributed by atoms with Gasteiger partial charge in [-0.3, -0.25) is 9.59 Å². The van der Waals surface area contributed by atoms with Gasteiger partial charge in [0.15, 0.2) is 11.6 Å². The summed E-state index contributed by atoms with van der Waals surface area (Å²) in [4.78, 5) is 26.9. The molecule has 3 saturated carbocycles. The Balaban J connectivity index is 1.74. The zero-order valence-electron chi connectivity index (χ0n) is 16.1. The first-order valence-corrected chi connectivity index (χ1v) is 9.98. The van der Waals surface area contributed by atoms with Crippen molar-refractivity contribution in [2.45, 2.75) is 45.0 Å². The first kappa shape index (κ1) is 18.0. The standard InChI is InChI=1S/C21H28O6/c1-18(2)7-6-14(22)19-10-27-21(25,17(24)15(18)19)20-8-11(4-5-13(19)20)12(9-26-3)16(20)23/h6-7,11-13,15,17,24-25H,4-5,8-10H2,1-3H3/t11-,12+,13+,15-,17+,19-,20+,21-/m1/s1. The fourth-order valence-corrected chi connectivity index (χ4v) is 7.75. The number of Topliss-reactive ketones (excluding diaryl/α,β-unsaturated/α-hetero) is 1. The number of aliphatic hydroxyl groups excluding tert-OH is 1. The number of carbonyl (C=O) groups excluding carboxylic acids is 2. The maximum absolute atomic E-state index is 13.7. The summed E-state index contributed by atoms with van der Waals surface area (Å²) in [5.41, 5.74) is -2.65. The van der Waals surface area contributed by atoms with E-state index in [2.05, 4.69) is 0 Å². The van der Waals surface area contributed by atoms with Crippen molar-refractivity contribution in [3.8, 4) is 0 Å². The molecular weight excluding hydrogens is 348 g/mol. The Kier molecular flexibility index (Phi) is 3.39. The summed E-state index contributed by atoms with van der Waals surface area (Å²) >= 11 is 0. The summed E-state index contributed by atoms with van der Waals surface area (Å²) in [7, 11) is 1.57. The van der Waals surface area contributed by atoms with Gasteiger partial charge in [-0.25, -0.2) is 0 Å². The molecule has 2 spiro atoms. The molecule has 0 unspecified atom stereocenters. The molecule has 0 radical (unpaired) electrons. The van der Waals surface area contributed by atoms with E-state index < -0.39 is 34.1 Å². The van der Waals surface area contributed by atoms with Crippen LogP contribution in [0.4, 0.5) is 0 Å². The third kappa shape index (κ3) is 1.69. The van der Waals surface area contributed by atoms with Gasteiger partial charge < -0.3 is 19.7 Å². The minimum Gasteiger partial charge on any atom is -0.387 e. The lowest BCUT2D eigenvalue weighted by atomic mass is 9.37. The van der Waals surface area contributed by atoms with E-state index in [9.17, 15) is 19.8 Å². The molecule has 6 aliphatic rings. The summed E-state index contributed by atoms with van der Waals surface area (Å²) in [5, 5.41) is 23.0. The third-order valence-electron chi connectivity index (χ3n) is 8.69. The van der Waals surface area contributed by atoms with Gasteiger partial charge in [-0.1, -0.05) is 19.9 Å². The Morgan fingerprint density at radius 2 is 2.04 bits per heavy atom. The van der Waals surface area contributed by atoms with Gasteiger partial charge in [0.2, 0.25) is 5.79 Å². The highest BCUT2D eigenvalue weighted by atomic mass is 16.6. The van der Waals surface area contributed by atoms with E-state index in [0.29, 0.717) is 19.4 Å². The molecule has 2 N–H and O–H groups in total. The highest BCUT2D eigenvalue weighted by Crippen LogP contribution is 2.75. The second kappa shape index (κ2) is 5.09. The van der Waals surface area contributed by atoms with Crippen molar-refractivity contribution in [1.82, 2.24) is 0 Å². The summed E-state index contributed by atoms with van der Waals surface area (Å²) in [6.45, 7) is 4.34. The number of aliphatic hydroxyl groups is 2. The molecule has 6 nitrogen and oxygen atoms in total. The molecule has 148 valence electrons. The summed E-state index contributed by atoms with van der Waals surface area (Å²) in [6.07, 6.45) is 4.15. The molecule has 0 aromatic rings. The van der Waals surface area contributed by atoms with Crippen LogP contribution in [0.25, 0.3) is 0 Å². The van der Waals surface area contributed by atoms with Crippen molar-refractivity contribution in [1.29, 1.82) is 0 Å². The molecule has 0 aromatic heterocycles. The molecule has 6 rings (SSSR count). The summed E-state index contributed by atoms with van der Waals surface area (Å²) < 4.78 is 11.2. The zero-order valence-corrected chi connectivity index (χ0v) is 16.1. The van der Waals surface area contributed by atoms with Crippen molar-refractivity contribution >= 4 is 11.6 Å². The van der Waals surface area contributed by atoms with Crippen LogP contribution in [0.15, 0.2) is 12.2 Å². The second-order valence-electron chi connectivity index (χ2n) is 9.96. The predicted octanol–water partition coefficient (Wildman–Crippen LogP) is 1.10. The first-order valence-electron chi connectivity index (χ1n) is 9.98. The predicted molar refractivity (Wildman–Crippen MR) is 94.4 cm³/mol. The fraction of sp³-hybridized carbons (Fsp3) is 0.810. The SMILES string of the molecule is COC[C@@H]1C(=O)[C@]23C[C@H]1CC[C@H]2[C@@]12CO[C@]3(O)[C@@H](O)[C@@H]1C(C)(C)C=CC2=O. The Hall–Kier alpha value is -1.08. The maximum atomic E-state index is 13.7. The average Bonchev–Trinajstić information content (AvgIpc) is 2.83. The number of carbonyl (C=O) groups is 2. The molecule has 6 heteroatoms. The van der Waals surface area contributed by atoms with Crippen molar-refractivity contribution in [2.24, 2.45) is 39.9 Å². The minimum absolute atomic E-state index is 0.0666. The van der Waals surface area contributed by atoms with E-state index in [1.807, 2.05) is 19.9 Å². The molecule has 2 saturated heterocycles. The van der Waals surface area contributed by atoms with Gasteiger partial charge in [0.05, 0.1) is 24.0 Å². The lowest BCUT2D eigenvalue weighted by Gasteiger charge is -2.71. The van der Waals surface area contributed by atoms with Gasteiger partial charge in [-0.15, -0.1) is 0 Å². The largest absolute Gasteiger partial charge is 0.387 e. The van der Waals surface area contributed by atoms with Crippen LogP contribution < -0.4 is 0 Å². The van der Waals surface area contributed by atoms with Crippen LogP contribution in [0.1, 0.15) is 33.1 Å². The molecule has 0 amide bonds. The van der Waals surface area contributed by atoms with Crippen molar-refractivity contribution in [3.63, 3.8) is 0 Å². The van der Waals surface area contributed by atoms with Gasteiger partial charge in [-0.05, 0) is 42.6 Å². The number of fused-ring (bicyclic) bond motifs is 2. The number of hydrogen-bond acceptors (Lipinski definition) is 6. The Labute approximate surface area is 158 Å². The van der Waals surface area contributed by atoms with Gasteiger partial charge in [0.1, 0.15) is 6.10 Å². The monoisotopic (exact) mass is 376 g/mol. The third-order valence-corrected chi connectivity index (χ3v) is 8.69. The van der Waals surface area contributed by atoms with E-state index in [1.165, 1.54) is 0 Å². The van der Waals surface area contributed by atoms with Crippen LogP contribution in [0.5, 0.6) is 0 Å². The summed E-state index contributed by atoms with van der Waals surface area (Å²) in [6, 6.07) is 0. The molecule has 4 aliphatic carbocycles. The number of ether oxygens (including phenoxy) is 2. The number of hydrogen-bond donors (Lipinski definition) is 2. The van der Waals surface area contributed by atoms with Crippen LogP contribution in [0.2, 0.25) is 0 Å². The molecular formula is C21H28O6. The highest BCUT2D eigenvalue weighted by Gasteiger charge is 2.84. The van der Waals surface area contributed by atoms with Crippen LogP contribution in [0.3, 0.4) is 0 Å². The minimum atomic E-state index is -1.94. The Bertz CT molecular complexity index is 758. The normalized spacial score (nSPS) is 54.8. The number of rotatable bonds is 2. The fourth-order valence-electron chi connectivity index (χ4n) is 7.75. The highest BCUT2D eigenvalue weighted by molar-refractivity contribution is 6.00. The van der Waals surface area contributed by atoms with Gasteiger partial charge in [0.25, 0.3) is 0 Å². The molecule has 8 atom stereocenters. The van der Waals surface area contributed by atoms with Crippen LogP contribution >= 0.6 is 0 Å². The van der Waals surface area contributed by atoms with Gasteiger partial charge in [-0.2, -0.15) is 0 Å². The smallest absolute Gasteiger partial charge is 0.205 e. The number of allylic oxidation sites excluding steroid dienone is 2. The van der Waals surface area contributed by atoms with Crippen molar-refractivity contribution in [3.05, 3.63) is 12.2 Å². The number of methoxy groups -OCH3 is 1. The van der Waals surface area contributed by atoms with E-state index in [-0.39, 0.29) is 35.9 Å². The topological polar surface area (TPSA) is 93.1 Å². The maximum Gasteiger partial charge on any atom is 0.205 e. The zero-order chi connectivity index (χ0) is 19.4. The molecule has 2 heterocycles. The van der Waals surface area contributed by atoms with E-state index in [0.717, 1.165) is 6.42 Å². The van der Waals surface area contributed by atoms with Crippen LogP contribution in [-0.4, -0.2) is 54.0 Å². The second-order valence-corrected chi connectivity index (χ2v) is 9.96. The lowest BCUT2D eigenvalue weighted by molar-refractivity contribution is -0.422. The molecule has 4 bridgehead atoms. The Morgan fingerprint density at radius 1 is 1.30 bits per heavy atom. The molecule has 27 heavy (non-hydrogen) atoms. The van der Waals surface area contributed by atoms with Gasteiger partial charge >= 0.3 is 0 Å². The van der Waals surface area contributed by atoms with Crippen LogP contribution in [0, 0.1) is 39.9 Å². The van der Waals surface area contributed by atoms with Crippen molar-refractivity contribution in [2.75, 3.05) is 20.3 Å². The van der Waals surface area contributed by atoms with E-state index >= 15 is 0 Å². The molecule has 2 aliphatic heterocycles. The average molecular weight is 376 g/mol. The first-order chi connectivity index (χ1) is 12.7. The number of ketones is 2. The van der Waals surface area contributed by atoms with Crippen LogP contribution in [-0.2, 0) is 19.1 Å². The lowest BCUT2D eigenvalue weighted by Crippen LogP contribution is -2.82. The molecule has 5 fully saturated rings. The van der Waals surface area contributed by atoms with E-state index in [4.69, 9.17) is 9.47 Å². The quantitative estimate of drug-likeness (QED) is 0.750. The summed E-state index contributed by atoms with van der Waals surface area (Å²) in [5.74, 6) is -3.08.